The highest BCUT2D eigenvalue weighted by Gasteiger charge is 2.22. The summed E-state index contributed by atoms with van der Waals surface area (Å²) in [5.41, 5.74) is -0.809. The molecule has 0 rings (SSSR count). The summed E-state index contributed by atoms with van der Waals surface area (Å²) < 4.78 is 0. The largest absolute Gasteiger partial charge is 0.388 e. The van der Waals surface area contributed by atoms with E-state index in [-0.39, 0.29) is 5.91 Å². The zero-order valence-corrected chi connectivity index (χ0v) is 11.3. The molecule has 0 aromatic carbocycles. The number of carbonyl (C=O) groups excluding carboxylic acids is 1. The van der Waals surface area contributed by atoms with Gasteiger partial charge in [-0.3, -0.25) is 4.79 Å². The van der Waals surface area contributed by atoms with Crippen LogP contribution in [0.15, 0.2) is 0 Å². The molecule has 1 atom stereocenters. The average Bonchev–Trinajstić information content (AvgIpc) is 2.13. The third-order valence-corrected chi connectivity index (χ3v) is 2.57. The first-order valence-corrected chi connectivity index (χ1v) is 6.46. The number of unbranched alkanes of at least 4 members (excludes halogenated alkanes) is 1. The van der Waals surface area contributed by atoms with Crippen molar-refractivity contribution < 1.29 is 9.90 Å². The Balaban J connectivity index is 3.72. The zero-order valence-electron chi connectivity index (χ0n) is 10.6. The molecule has 0 aromatic rings. The van der Waals surface area contributed by atoms with E-state index in [1.807, 2.05) is 0 Å². The molecule has 0 aliphatic carbocycles. The molecule has 0 aliphatic heterocycles. The fraction of sp³-hybridized carbons (Fsp3) is 0.917. The van der Waals surface area contributed by atoms with E-state index < -0.39 is 5.60 Å². The lowest BCUT2D eigenvalue weighted by molar-refractivity contribution is -0.122. The second-order valence-corrected chi connectivity index (χ2v) is 5.40. The number of aliphatic hydroxyl groups is 1. The SMILES string of the molecule is CC(C)CC(C)(O)CNC(=O)CCCCCl. The van der Waals surface area contributed by atoms with E-state index >= 15 is 0 Å². The van der Waals surface area contributed by atoms with Crippen LogP contribution in [0.5, 0.6) is 0 Å². The van der Waals surface area contributed by atoms with Gasteiger partial charge in [0.15, 0.2) is 0 Å². The normalized spacial score (nSPS) is 14.9. The van der Waals surface area contributed by atoms with Crippen molar-refractivity contribution >= 4 is 17.5 Å². The van der Waals surface area contributed by atoms with Crippen LogP contribution in [-0.2, 0) is 4.79 Å². The monoisotopic (exact) mass is 249 g/mol. The van der Waals surface area contributed by atoms with Crippen LogP contribution in [-0.4, -0.2) is 29.0 Å². The summed E-state index contributed by atoms with van der Waals surface area (Å²) >= 11 is 5.52. The van der Waals surface area contributed by atoms with Gasteiger partial charge < -0.3 is 10.4 Å². The van der Waals surface area contributed by atoms with Crippen LogP contribution < -0.4 is 5.32 Å². The Bertz CT molecular complexity index is 205. The van der Waals surface area contributed by atoms with Crippen molar-refractivity contribution in [2.45, 2.75) is 52.1 Å². The Hall–Kier alpha value is -0.280. The number of carbonyl (C=O) groups is 1. The maximum Gasteiger partial charge on any atom is 0.220 e. The van der Waals surface area contributed by atoms with Crippen molar-refractivity contribution in [1.82, 2.24) is 5.32 Å². The van der Waals surface area contributed by atoms with E-state index in [0.717, 1.165) is 12.8 Å². The summed E-state index contributed by atoms with van der Waals surface area (Å²) in [4.78, 5) is 11.4. The van der Waals surface area contributed by atoms with Gasteiger partial charge in [-0.25, -0.2) is 0 Å². The highest BCUT2D eigenvalue weighted by atomic mass is 35.5. The van der Waals surface area contributed by atoms with Crippen LogP contribution in [0, 0.1) is 5.92 Å². The summed E-state index contributed by atoms with van der Waals surface area (Å²) in [6, 6.07) is 0. The highest BCUT2D eigenvalue weighted by molar-refractivity contribution is 6.17. The van der Waals surface area contributed by atoms with Crippen molar-refractivity contribution in [2.75, 3.05) is 12.4 Å². The first-order chi connectivity index (χ1) is 7.37. The number of nitrogens with one attached hydrogen (secondary N) is 1. The van der Waals surface area contributed by atoms with Crippen molar-refractivity contribution in [3.63, 3.8) is 0 Å². The number of hydrogen-bond acceptors (Lipinski definition) is 2. The summed E-state index contributed by atoms with van der Waals surface area (Å²) in [7, 11) is 0. The fourth-order valence-corrected chi connectivity index (χ4v) is 1.90. The highest BCUT2D eigenvalue weighted by Crippen LogP contribution is 2.15. The van der Waals surface area contributed by atoms with Crippen LogP contribution in [0.3, 0.4) is 0 Å². The van der Waals surface area contributed by atoms with Gasteiger partial charge in [0.25, 0.3) is 0 Å². The van der Waals surface area contributed by atoms with Gasteiger partial charge in [-0.15, -0.1) is 11.6 Å². The van der Waals surface area contributed by atoms with Crippen LogP contribution in [0.1, 0.15) is 46.5 Å². The van der Waals surface area contributed by atoms with Crippen molar-refractivity contribution in [2.24, 2.45) is 5.92 Å². The fourth-order valence-electron chi connectivity index (χ4n) is 1.71. The lowest BCUT2D eigenvalue weighted by Crippen LogP contribution is -2.41. The third kappa shape index (κ3) is 8.98. The Morgan fingerprint density at radius 1 is 1.44 bits per heavy atom. The van der Waals surface area contributed by atoms with Crippen LogP contribution in [0.25, 0.3) is 0 Å². The molecule has 3 nitrogen and oxygen atoms in total. The minimum atomic E-state index is -0.809. The Kier molecular flexibility index (Phi) is 7.77. The summed E-state index contributed by atoms with van der Waals surface area (Å²) in [6.07, 6.45) is 2.85. The van der Waals surface area contributed by atoms with E-state index in [9.17, 15) is 9.90 Å². The van der Waals surface area contributed by atoms with Crippen molar-refractivity contribution in [1.29, 1.82) is 0 Å². The summed E-state index contributed by atoms with van der Waals surface area (Å²) in [5, 5.41) is 12.7. The molecule has 2 N–H and O–H groups in total. The van der Waals surface area contributed by atoms with Gasteiger partial charge in [0.1, 0.15) is 0 Å². The lowest BCUT2D eigenvalue weighted by atomic mass is 9.94. The number of alkyl halides is 1. The molecule has 0 saturated carbocycles. The predicted octanol–water partition coefficient (Wildman–Crippen LogP) is 2.31. The molecule has 0 aromatic heterocycles. The van der Waals surface area contributed by atoms with Gasteiger partial charge in [0, 0.05) is 18.8 Å². The third-order valence-electron chi connectivity index (χ3n) is 2.30. The van der Waals surface area contributed by atoms with E-state index in [2.05, 4.69) is 19.2 Å². The molecule has 1 unspecified atom stereocenters. The molecule has 0 fully saturated rings. The van der Waals surface area contributed by atoms with Gasteiger partial charge in [0.2, 0.25) is 5.91 Å². The molecule has 96 valence electrons. The van der Waals surface area contributed by atoms with E-state index in [1.165, 1.54) is 0 Å². The van der Waals surface area contributed by atoms with Gasteiger partial charge in [-0.1, -0.05) is 13.8 Å². The number of rotatable bonds is 8. The minimum Gasteiger partial charge on any atom is -0.388 e. The molecular formula is C12H24ClNO2. The molecule has 0 heterocycles. The smallest absolute Gasteiger partial charge is 0.220 e. The van der Waals surface area contributed by atoms with Gasteiger partial charge in [-0.05, 0) is 32.1 Å². The van der Waals surface area contributed by atoms with Crippen LogP contribution in [0.2, 0.25) is 0 Å². The topological polar surface area (TPSA) is 49.3 Å². The lowest BCUT2D eigenvalue weighted by Gasteiger charge is -2.25. The summed E-state index contributed by atoms with van der Waals surface area (Å²) in [5.74, 6) is 1.01. The number of amides is 1. The predicted molar refractivity (Wildman–Crippen MR) is 67.7 cm³/mol. The molecular weight excluding hydrogens is 226 g/mol. The van der Waals surface area contributed by atoms with Crippen molar-refractivity contribution in [3.05, 3.63) is 0 Å². The van der Waals surface area contributed by atoms with E-state index in [1.54, 1.807) is 6.92 Å². The maximum absolute atomic E-state index is 11.4. The first-order valence-electron chi connectivity index (χ1n) is 5.92. The Morgan fingerprint density at radius 3 is 2.56 bits per heavy atom. The molecule has 0 bridgehead atoms. The van der Waals surface area contributed by atoms with E-state index in [0.29, 0.717) is 31.2 Å². The molecule has 1 amide bonds. The second kappa shape index (κ2) is 7.91. The second-order valence-electron chi connectivity index (χ2n) is 5.02. The zero-order chi connectivity index (χ0) is 12.6. The minimum absolute atomic E-state index is 0.00542. The molecule has 0 aliphatic rings. The molecule has 0 radical (unpaired) electrons. The quantitative estimate of drug-likeness (QED) is 0.512. The summed E-state index contributed by atoms with van der Waals surface area (Å²) in [6.45, 7) is 6.18. The van der Waals surface area contributed by atoms with Gasteiger partial charge >= 0.3 is 0 Å². The molecule has 0 saturated heterocycles. The number of halogens is 1. The van der Waals surface area contributed by atoms with E-state index in [4.69, 9.17) is 11.6 Å². The van der Waals surface area contributed by atoms with Gasteiger partial charge in [-0.2, -0.15) is 0 Å². The molecule has 16 heavy (non-hydrogen) atoms. The van der Waals surface area contributed by atoms with Crippen LogP contribution >= 0.6 is 11.6 Å². The Labute approximate surface area is 104 Å². The molecule has 0 spiro atoms. The van der Waals surface area contributed by atoms with Crippen molar-refractivity contribution in [3.8, 4) is 0 Å². The average molecular weight is 250 g/mol. The van der Waals surface area contributed by atoms with Crippen LogP contribution in [0.4, 0.5) is 0 Å². The van der Waals surface area contributed by atoms with Gasteiger partial charge in [0.05, 0.1) is 5.60 Å². The Morgan fingerprint density at radius 2 is 2.06 bits per heavy atom. The number of hydrogen-bond donors (Lipinski definition) is 2. The molecule has 4 heteroatoms. The first kappa shape index (κ1) is 15.7. The maximum atomic E-state index is 11.4. The standard InChI is InChI=1S/C12H24ClNO2/c1-10(2)8-12(3,16)9-14-11(15)6-4-5-7-13/h10,16H,4-9H2,1-3H3,(H,14,15).